The number of ether oxygens (including phenoxy) is 1. The Kier molecular flexibility index (Phi) is 41.3. The van der Waals surface area contributed by atoms with E-state index in [4.69, 9.17) is 10.5 Å². The number of hydrogen-bond donors (Lipinski definition) is 3. The second-order valence-electron chi connectivity index (χ2n) is 16.2. The molecule has 4 N–H and O–H groups in total. The van der Waals surface area contributed by atoms with Gasteiger partial charge in [0.2, 0.25) is 5.91 Å². The third-order valence-corrected chi connectivity index (χ3v) is 10.8. The van der Waals surface area contributed by atoms with Crippen LogP contribution in [-0.2, 0) is 19.1 Å². The fourth-order valence-electron chi connectivity index (χ4n) is 7.17. The van der Waals surface area contributed by atoms with E-state index < -0.39 is 12.0 Å². The van der Waals surface area contributed by atoms with Crippen molar-refractivity contribution >= 4 is 17.8 Å². The number of aliphatic carboxylic acids is 1. The molecule has 0 aliphatic heterocycles. The van der Waals surface area contributed by atoms with Crippen molar-refractivity contribution in [2.45, 2.75) is 257 Å². The van der Waals surface area contributed by atoms with Gasteiger partial charge >= 0.3 is 11.9 Å². The minimum Gasteiger partial charge on any atom is -0.480 e. The van der Waals surface area contributed by atoms with Gasteiger partial charge < -0.3 is 20.9 Å². The van der Waals surface area contributed by atoms with E-state index in [0.717, 1.165) is 70.6 Å². The predicted octanol–water partition coefficient (Wildman–Crippen LogP) is 13.6. The number of nitrogens with two attached hydrogens (primary N) is 1. The van der Waals surface area contributed by atoms with Gasteiger partial charge in [0.15, 0.2) is 0 Å². The molecule has 0 fully saturated rings. The Morgan fingerprint density at radius 2 is 1.00 bits per heavy atom. The van der Waals surface area contributed by atoms with Crippen LogP contribution in [0.4, 0.5) is 0 Å². The number of carboxylic acid groups (broad SMARTS) is 1. The van der Waals surface area contributed by atoms with Gasteiger partial charge in [-0.05, 0) is 70.4 Å². The summed E-state index contributed by atoms with van der Waals surface area (Å²) in [6.45, 7) is 4.93. The molecule has 2 unspecified atom stereocenters. The van der Waals surface area contributed by atoms with E-state index >= 15 is 0 Å². The first-order valence-electron chi connectivity index (χ1n) is 23.7. The standard InChI is InChI=1S/C48H90N2O5/c1-3-5-7-9-11-13-14-15-16-17-18-19-20-21-22-23-24-26-32-36-42-47(52)55-44(38-33-29-25-12-10-8-6-4-2)39-34-30-27-28-31-35-41-46(51)50-45(48(53)54)40-37-43-49/h12,25,33,38,44-45H,3-11,13-24,26-32,34-37,39-43,49H2,1-2H3,(H,50,51)(H,53,54)/b25-12-,38-33-. The van der Waals surface area contributed by atoms with Crippen molar-refractivity contribution in [3.8, 4) is 0 Å². The van der Waals surface area contributed by atoms with E-state index in [1.165, 1.54) is 135 Å². The highest BCUT2D eigenvalue weighted by Gasteiger charge is 2.18. The van der Waals surface area contributed by atoms with Crippen LogP contribution in [0.15, 0.2) is 24.3 Å². The summed E-state index contributed by atoms with van der Waals surface area (Å²) in [6, 6.07) is -0.854. The van der Waals surface area contributed by atoms with Crippen LogP contribution in [0.3, 0.4) is 0 Å². The number of hydrogen-bond acceptors (Lipinski definition) is 5. The summed E-state index contributed by atoms with van der Waals surface area (Å²) < 4.78 is 5.95. The molecule has 55 heavy (non-hydrogen) atoms. The second kappa shape index (κ2) is 43.0. The van der Waals surface area contributed by atoms with Crippen molar-refractivity contribution in [3.63, 3.8) is 0 Å². The molecule has 0 bridgehead atoms. The van der Waals surface area contributed by atoms with Crippen molar-refractivity contribution in [2.75, 3.05) is 6.54 Å². The Hall–Kier alpha value is -2.15. The zero-order valence-electron chi connectivity index (χ0n) is 36.3. The van der Waals surface area contributed by atoms with E-state index in [0.29, 0.717) is 32.2 Å². The van der Waals surface area contributed by atoms with Crippen LogP contribution < -0.4 is 11.1 Å². The smallest absolute Gasteiger partial charge is 0.326 e. The lowest BCUT2D eigenvalue weighted by Gasteiger charge is -2.15. The highest BCUT2D eigenvalue weighted by atomic mass is 16.5. The average Bonchev–Trinajstić information content (AvgIpc) is 3.17. The number of rotatable bonds is 43. The van der Waals surface area contributed by atoms with E-state index in [2.05, 4.69) is 43.5 Å². The van der Waals surface area contributed by atoms with Gasteiger partial charge in [0, 0.05) is 12.8 Å². The Balaban J connectivity index is 4.12. The van der Waals surface area contributed by atoms with Gasteiger partial charge in [0.25, 0.3) is 0 Å². The lowest BCUT2D eigenvalue weighted by atomic mass is 10.0. The zero-order chi connectivity index (χ0) is 40.3. The molecule has 322 valence electrons. The maximum Gasteiger partial charge on any atom is 0.326 e. The first-order chi connectivity index (χ1) is 26.9. The fraction of sp³-hybridized carbons (Fsp3) is 0.854. The first-order valence-corrected chi connectivity index (χ1v) is 23.7. The van der Waals surface area contributed by atoms with Crippen molar-refractivity contribution in [2.24, 2.45) is 5.73 Å². The molecular formula is C48H90N2O5. The number of amides is 1. The van der Waals surface area contributed by atoms with Gasteiger partial charge in [-0.2, -0.15) is 0 Å². The lowest BCUT2D eigenvalue weighted by Crippen LogP contribution is -2.40. The molecule has 0 aliphatic carbocycles. The molecule has 7 heteroatoms. The van der Waals surface area contributed by atoms with Crippen LogP contribution in [0.25, 0.3) is 0 Å². The van der Waals surface area contributed by atoms with Gasteiger partial charge in [0.05, 0.1) is 0 Å². The fourth-order valence-corrected chi connectivity index (χ4v) is 7.17. The summed E-state index contributed by atoms with van der Waals surface area (Å²) in [5.41, 5.74) is 5.48. The number of allylic oxidation sites excluding steroid dienone is 3. The molecular weight excluding hydrogens is 685 g/mol. The normalized spacial score (nSPS) is 12.8. The van der Waals surface area contributed by atoms with E-state index in [1.54, 1.807) is 0 Å². The quantitative estimate of drug-likeness (QED) is 0.0322. The Bertz CT molecular complexity index is 920. The van der Waals surface area contributed by atoms with Gasteiger partial charge in [-0.25, -0.2) is 4.79 Å². The number of carbonyl (C=O) groups is 3. The summed E-state index contributed by atoms with van der Waals surface area (Å²) in [7, 11) is 0. The van der Waals surface area contributed by atoms with E-state index in [9.17, 15) is 19.5 Å². The average molecular weight is 775 g/mol. The van der Waals surface area contributed by atoms with E-state index in [-0.39, 0.29) is 18.0 Å². The Labute approximate surface area is 340 Å². The summed E-state index contributed by atoms with van der Waals surface area (Å²) in [5, 5.41) is 11.9. The number of carboxylic acids is 1. The summed E-state index contributed by atoms with van der Waals surface area (Å²) >= 11 is 0. The molecule has 0 aromatic heterocycles. The highest BCUT2D eigenvalue weighted by molar-refractivity contribution is 5.83. The van der Waals surface area contributed by atoms with Crippen LogP contribution in [0.1, 0.15) is 245 Å². The molecule has 0 spiro atoms. The summed E-state index contributed by atoms with van der Waals surface area (Å²) in [5.74, 6) is -1.28. The molecule has 0 heterocycles. The van der Waals surface area contributed by atoms with Crippen molar-refractivity contribution in [1.82, 2.24) is 5.32 Å². The topological polar surface area (TPSA) is 119 Å². The molecule has 0 saturated carbocycles. The van der Waals surface area contributed by atoms with Gasteiger partial charge in [-0.1, -0.05) is 193 Å². The van der Waals surface area contributed by atoms with Crippen molar-refractivity contribution in [3.05, 3.63) is 24.3 Å². The predicted molar refractivity (Wildman–Crippen MR) is 234 cm³/mol. The maximum atomic E-state index is 12.8. The SMILES string of the molecule is CCCCC/C=C\C/C=C\C(CCCCCCCCC(=O)NC(CCCN)C(=O)O)OC(=O)CCCCCCCCCCCCCCCCCCCCCC. The molecule has 2 atom stereocenters. The van der Waals surface area contributed by atoms with Crippen molar-refractivity contribution in [1.29, 1.82) is 0 Å². The monoisotopic (exact) mass is 775 g/mol. The largest absolute Gasteiger partial charge is 0.480 e. The lowest BCUT2D eigenvalue weighted by molar-refractivity contribution is -0.147. The first kappa shape index (κ1) is 52.9. The van der Waals surface area contributed by atoms with Gasteiger partial charge in [-0.15, -0.1) is 0 Å². The zero-order valence-corrected chi connectivity index (χ0v) is 36.3. The molecule has 0 rings (SSSR count). The molecule has 0 aliphatic rings. The molecule has 0 aromatic rings. The Morgan fingerprint density at radius 3 is 1.49 bits per heavy atom. The number of esters is 1. The maximum absolute atomic E-state index is 12.8. The van der Waals surface area contributed by atoms with E-state index in [1.807, 2.05) is 0 Å². The van der Waals surface area contributed by atoms with Crippen LogP contribution in [-0.4, -0.2) is 41.6 Å². The molecule has 7 nitrogen and oxygen atoms in total. The molecule has 0 aromatic carbocycles. The van der Waals surface area contributed by atoms with Gasteiger partial charge in [-0.3, -0.25) is 9.59 Å². The molecule has 0 radical (unpaired) electrons. The number of nitrogens with one attached hydrogen (secondary N) is 1. The van der Waals surface area contributed by atoms with Crippen LogP contribution in [0, 0.1) is 0 Å². The highest BCUT2D eigenvalue weighted by Crippen LogP contribution is 2.17. The minimum atomic E-state index is -1.00. The van der Waals surface area contributed by atoms with Crippen molar-refractivity contribution < 1.29 is 24.2 Å². The molecule has 0 saturated heterocycles. The van der Waals surface area contributed by atoms with Gasteiger partial charge in [0.1, 0.15) is 12.1 Å². The summed E-state index contributed by atoms with van der Waals surface area (Å²) in [6.07, 6.45) is 49.8. The Morgan fingerprint density at radius 1 is 0.545 bits per heavy atom. The molecule has 1 amide bonds. The van der Waals surface area contributed by atoms with Crippen LogP contribution >= 0.6 is 0 Å². The summed E-state index contributed by atoms with van der Waals surface area (Å²) in [4.78, 5) is 36.3. The second-order valence-corrected chi connectivity index (χ2v) is 16.2. The van der Waals surface area contributed by atoms with Crippen LogP contribution in [0.2, 0.25) is 0 Å². The minimum absolute atomic E-state index is 0.0707. The number of carbonyl (C=O) groups excluding carboxylic acids is 2. The van der Waals surface area contributed by atoms with Crippen LogP contribution in [0.5, 0.6) is 0 Å². The third kappa shape index (κ3) is 39.9. The number of unbranched alkanes of at least 4 members (excludes halogenated alkanes) is 27. The third-order valence-electron chi connectivity index (χ3n) is 10.8.